The Bertz CT molecular complexity index is 833. The Balaban J connectivity index is 1.84. The van der Waals surface area contributed by atoms with Crippen LogP contribution in [0.5, 0.6) is 5.75 Å². The van der Waals surface area contributed by atoms with Gasteiger partial charge in [-0.05, 0) is 31.5 Å². The largest absolute Gasteiger partial charge is 0.488 e. The van der Waals surface area contributed by atoms with E-state index in [0.717, 1.165) is 5.56 Å². The molecule has 25 heavy (non-hydrogen) atoms. The van der Waals surface area contributed by atoms with Gasteiger partial charge in [-0.25, -0.2) is 14.4 Å². The number of ether oxygens (including phenoxy) is 2. The zero-order chi connectivity index (χ0) is 18.0. The summed E-state index contributed by atoms with van der Waals surface area (Å²) in [6, 6.07) is 6.11. The Labute approximate surface area is 145 Å². The van der Waals surface area contributed by atoms with Crippen LogP contribution >= 0.6 is 0 Å². The van der Waals surface area contributed by atoms with Crippen molar-refractivity contribution in [2.45, 2.75) is 25.9 Å². The molecular weight excluding hydrogens is 323 g/mol. The molecule has 0 spiro atoms. The molecular formula is C19H19FN2O3. The summed E-state index contributed by atoms with van der Waals surface area (Å²) in [5.41, 5.74) is 1.50. The highest BCUT2D eigenvalue weighted by molar-refractivity contribution is 6.02. The van der Waals surface area contributed by atoms with Gasteiger partial charge in [0.1, 0.15) is 23.9 Å². The summed E-state index contributed by atoms with van der Waals surface area (Å²) in [6.45, 7) is 3.83. The normalized spacial score (nSPS) is 18.6. The minimum absolute atomic E-state index is 0.0230. The number of Topliss-reactive ketones (excluding diaryl/α,β-unsaturated/α-hetero) is 1. The average Bonchev–Trinajstić information content (AvgIpc) is 3.31. The lowest BCUT2D eigenvalue weighted by atomic mass is 9.90. The average molecular weight is 342 g/mol. The van der Waals surface area contributed by atoms with Gasteiger partial charge in [0, 0.05) is 12.7 Å². The maximum atomic E-state index is 13.2. The maximum absolute atomic E-state index is 13.2. The number of hydrogen-bond donors (Lipinski definition) is 0. The van der Waals surface area contributed by atoms with Gasteiger partial charge in [0.25, 0.3) is 0 Å². The monoisotopic (exact) mass is 342 g/mol. The van der Waals surface area contributed by atoms with E-state index in [0.29, 0.717) is 29.4 Å². The number of aromatic nitrogens is 2. The molecule has 1 aromatic carbocycles. The molecule has 0 N–H and O–H groups in total. The van der Waals surface area contributed by atoms with Crippen LogP contribution in [-0.2, 0) is 21.6 Å². The van der Waals surface area contributed by atoms with Crippen molar-refractivity contribution in [2.75, 3.05) is 13.7 Å². The fourth-order valence-corrected chi connectivity index (χ4v) is 2.87. The summed E-state index contributed by atoms with van der Waals surface area (Å²) < 4.78 is 24.3. The van der Waals surface area contributed by atoms with Crippen molar-refractivity contribution >= 4 is 5.78 Å². The van der Waals surface area contributed by atoms with E-state index in [1.165, 1.54) is 19.1 Å². The molecule has 0 radical (unpaired) electrons. The van der Waals surface area contributed by atoms with Crippen LogP contribution in [0, 0.1) is 12.7 Å². The molecule has 0 saturated heterocycles. The Morgan fingerprint density at radius 1 is 1.28 bits per heavy atom. The number of methoxy groups -OCH3 is 1. The zero-order valence-corrected chi connectivity index (χ0v) is 14.4. The van der Waals surface area contributed by atoms with E-state index in [2.05, 4.69) is 9.97 Å². The number of carbonyl (C=O) groups excluding carboxylic acids is 1. The number of benzene rings is 1. The number of carbonyl (C=O) groups is 1. The van der Waals surface area contributed by atoms with Crippen molar-refractivity contribution in [3.05, 3.63) is 65.0 Å². The molecule has 1 atom stereocenters. The van der Waals surface area contributed by atoms with Gasteiger partial charge in [-0.1, -0.05) is 18.2 Å². The molecule has 0 aliphatic heterocycles. The van der Waals surface area contributed by atoms with E-state index >= 15 is 0 Å². The van der Waals surface area contributed by atoms with Crippen molar-refractivity contribution in [1.29, 1.82) is 0 Å². The van der Waals surface area contributed by atoms with E-state index in [9.17, 15) is 9.18 Å². The first-order valence-electron chi connectivity index (χ1n) is 7.91. The molecule has 6 heteroatoms. The molecule has 0 fully saturated rings. The van der Waals surface area contributed by atoms with Crippen molar-refractivity contribution < 1.29 is 18.7 Å². The fraction of sp³-hybridized carbons (Fsp3) is 0.316. The van der Waals surface area contributed by atoms with E-state index in [1.54, 1.807) is 32.4 Å². The van der Waals surface area contributed by atoms with Gasteiger partial charge >= 0.3 is 0 Å². The molecule has 1 aliphatic rings. The Morgan fingerprint density at radius 2 is 2.00 bits per heavy atom. The van der Waals surface area contributed by atoms with Crippen LogP contribution in [0.15, 0.2) is 42.1 Å². The number of nitrogens with zero attached hydrogens (tertiary/aromatic N) is 2. The van der Waals surface area contributed by atoms with Crippen LogP contribution in [0.4, 0.5) is 4.39 Å². The highest BCUT2D eigenvalue weighted by Crippen LogP contribution is 2.47. The number of aryl methyl sites for hydroxylation is 1. The molecule has 0 bridgehead atoms. The zero-order valence-electron chi connectivity index (χ0n) is 14.4. The first-order valence-corrected chi connectivity index (χ1v) is 7.91. The van der Waals surface area contributed by atoms with Gasteiger partial charge in [-0.3, -0.25) is 4.79 Å². The first kappa shape index (κ1) is 17.2. The molecule has 1 aromatic heterocycles. The number of hydrogen-bond acceptors (Lipinski definition) is 5. The highest BCUT2D eigenvalue weighted by atomic mass is 19.1. The van der Waals surface area contributed by atoms with Crippen LogP contribution in [0.1, 0.15) is 24.0 Å². The Hall–Kier alpha value is -2.60. The topological polar surface area (TPSA) is 61.3 Å². The van der Waals surface area contributed by atoms with Gasteiger partial charge < -0.3 is 9.47 Å². The second-order valence-electron chi connectivity index (χ2n) is 6.04. The smallest absolute Gasteiger partial charge is 0.161 e. The Kier molecular flexibility index (Phi) is 4.63. The summed E-state index contributed by atoms with van der Waals surface area (Å²) in [6.07, 6.45) is 3.46. The summed E-state index contributed by atoms with van der Waals surface area (Å²) in [5, 5.41) is 0. The van der Waals surface area contributed by atoms with Crippen LogP contribution in [0.3, 0.4) is 0 Å². The minimum Gasteiger partial charge on any atom is -0.488 e. The molecule has 2 aromatic rings. The quantitative estimate of drug-likeness (QED) is 0.774. The van der Waals surface area contributed by atoms with Gasteiger partial charge in [0.15, 0.2) is 11.5 Å². The van der Waals surface area contributed by atoms with Crippen molar-refractivity contribution in [2.24, 2.45) is 0 Å². The second-order valence-corrected chi connectivity index (χ2v) is 6.04. The maximum Gasteiger partial charge on any atom is 0.161 e. The summed E-state index contributed by atoms with van der Waals surface area (Å²) >= 11 is 0. The molecule has 130 valence electrons. The number of ketones is 1. The van der Waals surface area contributed by atoms with Crippen molar-refractivity contribution in [1.82, 2.24) is 9.97 Å². The van der Waals surface area contributed by atoms with E-state index in [1.807, 2.05) is 6.08 Å². The first-order chi connectivity index (χ1) is 12.0. The molecule has 1 heterocycles. The lowest BCUT2D eigenvalue weighted by molar-refractivity contribution is -0.113. The van der Waals surface area contributed by atoms with Crippen LogP contribution in [-0.4, -0.2) is 29.5 Å². The second kappa shape index (κ2) is 6.72. The molecule has 0 unspecified atom stereocenters. The van der Waals surface area contributed by atoms with Crippen molar-refractivity contribution in [3.8, 4) is 5.75 Å². The predicted octanol–water partition coefficient (Wildman–Crippen LogP) is 2.92. The summed E-state index contributed by atoms with van der Waals surface area (Å²) in [5.74, 6) is 0.795. The predicted molar refractivity (Wildman–Crippen MR) is 89.8 cm³/mol. The SMILES string of the molecule is COCc1nc(C)ncc1OC[C@@]1(c2ccc(F)cc2)C=C1C(C)=O. The third-order valence-electron chi connectivity index (χ3n) is 4.21. The van der Waals surface area contributed by atoms with Crippen molar-refractivity contribution in [3.63, 3.8) is 0 Å². The lowest BCUT2D eigenvalue weighted by Gasteiger charge is -2.20. The minimum atomic E-state index is -0.630. The third-order valence-corrected chi connectivity index (χ3v) is 4.21. The van der Waals surface area contributed by atoms with Crippen LogP contribution in [0.25, 0.3) is 0 Å². The van der Waals surface area contributed by atoms with E-state index < -0.39 is 5.41 Å². The lowest BCUT2D eigenvalue weighted by Crippen LogP contribution is -2.24. The van der Waals surface area contributed by atoms with Gasteiger partial charge in [-0.15, -0.1) is 0 Å². The van der Waals surface area contributed by atoms with E-state index in [-0.39, 0.29) is 18.2 Å². The summed E-state index contributed by atoms with van der Waals surface area (Å²) in [7, 11) is 1.58. The molecule has 0 amide bonds. The molecule has 1 aliphatic carbocycles. The van der Waals surface area contributed by atoms with Crippen LogP contribution in [0.2, 0.25) is 0 Å². The highest BCUT2D eigenvalue weighted by Gasteiger charge is 2.48. The third kappa shape index (κ3) is 3.44. The van der Waals surface area contributed by atoms with Gasteiger partial charge in [0.2, 0.25) is 0 Å². The van der Waals surface area contributed by atoms with E-state index in [4.69, 9.17) is 9.47 Å². The number of rotatable bonds is 7. The summed E-state index contributed by atoms with van der Waals surface area (Å²) in [4.78, 5) is 20.3. The van der Waals surface area contributed by atoms with Gasteiger partial charge in [-0.2, -0.15) is 0 Å². The van der Waals surface area contributed by atoms with Crippen LogP contribution < -0.4 is 4.74 Å². The molecule has 0 saturated carbocycles. The molecule has 5 nitrogen and oxygen atoms in total. The standard InChI is InChI=1S/C19H19FN2O3/c1-12(23)16-8-19(16,14-4-6-15(20)7-5-14)11-25-18-9-21-13(2)22-17(18)10-24-3/h4-9H,10-11H2,1-3H3/t19-/m1/s1. The molecule has 3 rings (SSSR count). The Morgan fingerprint density at radius 3 is 2.60 bits per heavy atom. The number of halogens is 1. The van der Waals surface area contributed by atoms with Gasteiger partial charge in [0.05, 0.1) is 18.2 Å². The fourth-order valence-electron chi connectivity index (χ4n) is 2.87.